The van der Waals surface area contributed by atoms with Crippen LogP contribution in [0.15, 0.2) is 83.7 Å². The van der Waals surface area contributed by atoms with Gasteiger partial charge in [0.15, 0.2) is 0 Å². The highest BCUT2D eigenvalue weighted by molar-refractivity contribution is 7.08. The van der Waals surface area contributed by atoms with Crippen molar-refractivity contribution in [3.8, 4) is 28.0 Å². The fraction of sp³-hybridized carbons (Fsp3) is 0. The number of aromatic carboxylic acids is 1. The molecule has 2 aromatic heterocycles. The molecule has 0 saturated carbocycles. The molecule has 0 aliphatic carbocycles. The zero-order valence-corrected chi connectivity index (χ0v) is 19.4. The van der Waals surface area contributed by atoms with Crippen molar-refractivity contribution in [1.29, 1.82) is 0 Å². The van der Waals surface area contributed by atoms with Gasteiger partial charge < -0.3 is 25.8 Å². The molecule has 0 atom stereocenters. The Kier molecular flexibility index (Phi) is 5.97. The van der Waals surface area contributed by atoms with Crippen LogP contribution >= 0.6 is 11.3 Å². The van der Waals surface area contributed by atoms with E-state index in [1.54, 1.807) is 60.0 Å². The van der Waals surface area contributed by atoms with Crippen molar-refractivity contribution >= 4 is 51.4 Å². The van der Waals surface area contributed by atoms with E-state index in [0.29, 0.717) is 33.4 Å². The number of phenols is 1. The highest BCUT2D eigenvalue weighted by atomic mass is 32.1. The number of hydrogen-bond acceptors (Lipinski definition) is 5. The molecule has 5 rings (SSSR count). The summed E-state index contributed by atoms with van der Waals surface area (Å²) < 4.78 is 0. The summed E-state index contributed by atoms with van der Waals surface area (Å²) in [7, 11) is 0. The Morgan fingerprint density at radius 1 is 0.806 bits per heavy atom. The van der Waals surface area contributed by atoms with E-state index in [1.807, 2.05) is 22.9 Å². The van der Waals surface area contributed by atoms with Gasteiger partial charge in [-0.3, -0.25) is 9.59 Å². The van der Waals surface area contributed by atoms with Crippen LogP contribution in [0.4, 0.5) is 11.4 Å². The molecule has 3 aromatic carbocycles. The number of aromatic hydroxyl groups is 1. The SMILES string of the molecule is O=C(Nc1cccc(-c2ccsc2)c1)C(=O)Nc1cccc(-c2c[nH]c3cc(O)c(C(=O)O)cc23)c1. The standard InChI is InChI=1S/C27H19N3O5S/c31-24-12-23-20(11-21(24)27(34)35)22(13-28-23)16-4-2-6-19(10-16)30-26(33)25(32)29-18-5-1-3-15(9-18)17-7-8-36-14-17/h1-14,28,31H,(H,29,32)(H,30,33)(H,34,35). The van der Waals surface area contributed by atoms with E-state index < -0.39 is 17.8 Å². The first-order valence-corrected chi connectivity index (χ1v) is 11.8. The Balaban J connectivity index is 1.34. The number of carboxylic acid groups (broad SMARTS) is 1. The topological polar surface area (TPSA) is 132 Å². The maximum Gasteiger partial charge on any atom is 0.339 e. The Bertz CT molecular complexity index is 1620. The fourth-order valence-electron chi connectivity index (χ4n) is 3.91. The fourth-order valence-corrected chi connectivity index (χ4v) is 4.58. The van der Waals surface area contributed by atoms with Crippen molar-refractivity contribution in [2.45, 2.75) is 0 Å². The number of fused-ring (bicyclic) bond motifs is 1. The minimum absolute atomic E-state index is 0.215. The number of nitrogens with one attached hydrogen (secondary N) is 3. The number of hydrogen-bond donors (Lipinski definition) is 5. The van der Waals surface area contributed by atoms with Gasteiger partial charge in [0.05, 0.1) is 0 Å². The summed E-state index contributed by atoms with van der Waals surface area (Å²) in [6.45, 7) is 0. The Hall–Kier alpha value is -4.89. The van der Waals surface area contributed by atoms with E-state index in [9.17, 15) is 24.6 Å². The van der Waals surface area contributed by atoms with Crippen LogP contribution in [0.3, 0.4) is 0 Å². The lowest BCUT2D eigenvalue weighted by Gasteiger charge is -2.09. The van der Waals surface area contributed by atoms with Crippen molar-refractivity contribution in [2.75, 3.05) is 10.6 Å². The number of rotatable bonds is 5. The first-order chi connectivity index (χ1) is 17.4. The molecule has 0 saturated heterocycles. The van der Waals surface area contributed by atoms with Gasteiger partial charge in [-0.05, 0) is 63.8 Å². The maximum atomic E-state index is 12.6. The largest absolute Gasteiger partial charge is 0.507 e. The number of benzene rings is 3. The van der Waals surface area contributed by atoms with Gasteiger partial charge in [0, 0.05) is 40.1 Å². The zero-order valence-electron chi connectivity index (χ0n) is 18.6. The number of amides is 2. The molecular weight excluding hydrogens is 478 g/mol. The first kappa shape index (κ1) is 22.9. The summed E-state index contributed by atoms with van der Waals surface area (Å²) in [5.74, 6) is -3.22. The average molecular weight is 498 g/mol. The quantitative estimate of drug-likeness (QED) is 0.203. The Morgan fingerprint density at radius 3 is 2.11 bits per heavy atom. The molecule has 8 nitrogen and oxygen atoms in total. The second kappa shape index (κ2) is 9.40. The predicted octanol–water partition coefficient (Wildman–Crippen LogP) is 5.54. The molecule has 0 bridgehead atoms. The molecule has 178 valence electrons. The third kappa shape index (κ3) is 4.55. The number of anilines is 2. The van der Waals surface area contributed by atoms with Crippen molar-refractivity contribution in [3.63, 3.8) is 0 Å². The lowest BCUT2D eigenvalue weighted by molar-refractivity contribution is -0.132. The van der Waals surface area contributed by atoms with Gasteiger partial charge >= 0.3 is 17.8 Å². The Labute approximate surface area is 208 Å². The second-order valence-electron chi connectivity index (χ2n) is 8.00. The lowest BCUT2D eigenvalue weighted by atomic mass is 10.0. The van der Waals surface area contributed by atoms with Crippen LogP contribution in [-0.2, 0) is 9.59 Å². The summed E-state index contributed by atoms with van der Waals surface area (Å²) in [4.78, 5) is 39.5. The van der Waals surface area contributed by atoms with Crippen LogP contribution in [0, 0.1) is 0 Å². The van der Waals surface area contributed by atoms with Crippen LogP contribution < -0.4 is 10.6 Å². The van der Waals surface area contributed by atoms with Crippen molar-refractivity contribution in [1.82, 2.24) is 4.98 Å². The number of aromatic nitrogens is 1. The van der Waals surface area contributed by atoms with Crippen LogP contribution in [0.1, 0.15) is 10.4 Å². The van der Waals surface area contributed by atoms with Crippen LogP contribution in [-0.4, -0.2) is 33.0 Å². The van der Waals surface area contributed by atoms with Gasteiger partial charge in [0.2, 0.25) is 0 Å². The highest BCUT2D eigenvalue weighted by Crippen LogP contribution is 2.34. The van der Waals surface area contributed by atoms with Crippen molar-refractivity contribution in [2.24, 2.45) is 0 Å². The molecule has 0 aliphatic heterocycles. The van der Waals surface area contributed by atoms with Gasteiger partial charge in [-0.15, -0.1) is 0 Å². The molecule has 0 spiro atoms. The zero-order chi connectivity index (χ0) is 25.2. The van der Waals surface area contributed by atoms with Gasteiger partial charge in [-0.25, -0.2) is 4.79 Å². The van der Waals surface area contributed by atoms with Crippen molar-refractivity contribution in [3.05, 3.63) is 89.3 Å². The van der Waals surface area contributed by atoms with Gasteiger partial charge in [-0.2, -0.15) is 11.3 Å². The summed E-state index contributed by atoms with van der Waals surface area (Å²) >= 11 is 1.57. The van der Waals surface area contributed by atoms with Gasteiger partial charge in [-0.1, -0.05) is 24.3 Å². The number of carbonyl (C=O) groups excluding carboxylic acids is 2. The molecule has 0 unspecified atom stereocenters. The maximum absolute atomic E-state index is 12.6. The molecule has 2 amide bonds. The molecule has 2 heterocycles. The molecule has 0 radical (unpaired) electrons. The smallest absolute Gasteiger partial charge is 0.339 e. The summed E-state index contributed by atoms with van der Waals surface area (Å²) in [5, 5.41) is 29.1. The lowest BCUT2D eigenvalue weighted by Crippen LogP contribution is -2.29. The highest BCUT2D eigenvalue weighted by Gasteiger charge is 2.17. The molecule has 36 heavy (non-hydrogen) atoms. The van der Waals surface area contributed by atoms with E-state index in [1.165, 1.54) is 12.1 Å². The number of H-pyrrole nitrogens is 1. The van der Waals surface area contributed by atoms with E-state index in [2.05, 4.69) is 15.6 Å². The number of thiophene rings is 1. The van der Waals surface area contributed by atoms with E-state index in [0.717, 1.165) is 11.1 Å². The van der Waals surface area contributed by atoms with E-state index in [-0.39, 0.29) is 11.3 Å². The average Bonchev–Trinajstić information content (AvgIpc) is 3.54. The minimum Gasteiger partial charge on any atom is -0.507 e. The van der Waals surface area contributed by atoms with Gasteiger partial charge in [0.1, 0.15) is 11.3 Å². The second-order valence-corrected chi connectivity index (χ2v) is 8.78. The third-order valence-electron chi connectivity index (χ3n) is 5.64. The van der Waals surface area contributed by atoms with Crippen LogP contribution in [0.5, 0.6) is 5.75 Å². The monoisotopic (exact) mass is 497 g/mol. The summed E-state index contributed by atoms with van der Waals surface area (Å²) in [6, 6.07) is 18.8. The normalized spacial score (nSPS) is 10.8. The molecular formula is C27H19N3O5S. The van der Waals surface area contributed by atoms with Crippen LogP contribution in [0.25, 0.3) is 33.2 Å². The number of carbonyl (C=O) groups is 3. The summed E-state index contributed by atoms with van der Waals surface area (Å²) in [5.41, 5.74) is 4.57. The number of carboxylic acids is 1. The third-order valence-corrected chi connectivity index (χ3v) is 6.32. The van der Waals surface area contributed by atoms with Crippen LogP contribution in [0.2, 0.25) is 0 Å². The Morgan fingerprint density at radius 2 is 1.47 bits per heavy atom. The summed E-state index contributed by atoms with van der Waals surface area (Å²) in [6.07, 6.45) is 1.68. The predicted molar refractivity (Wildman–Crippen MR) is 139 cm³/mol. The van der Waals surface area contributed by atoms with E-state index in [4.69, 9.17) is 0 Å². The molecule has 0 fully saturated rings. The molecule has 5 aromatic rings. The molecule has 5 N–H and O–H groups in total. The minimum atomic E-state index is -1.24. The first-order valence-electron chi connectivity index (χ1n) is 10.8. The van der Waals surface area contributed by atoms with Crippen molar-refractivity contribution < 1.29 is 24.6 Å². The molecule has 9 heteroatoms. The number of aromatic amines is 1. The van der Waals surface area contributed by atoms with Gasteiger partial charge in [0.25, 0.3) is 0 Å². The van der Waals surface area contributed by atoms with E-state index >= 15 is 0 Å². The molecule has 0 aliphatic rings.